The molecule has 0 radical (unpaired) electrons. The Morgan fingerprint density at radius 1 is 1.11 bits per heavy atom. The van der Waals surface area contributed by atoms with Gasteiger partial charge in [0, 0.05) is 31.9 Å². The monoisotopic (exact) mass is 277 g/mol. The van der Waals surface area contributed by atoms with Crippen LogP contribution in [0.1, 0.15) is 18.1 Å². The van der Waals surface area contributed by atoms with Gasteiger partial charge in [0.05, 0.1) is 0 Å². The van der Waals surface area contributed by atoms with Crippen molar-refractivity contribution in [1.29, 1.82) is 0 Å². The number of anilines is 1. The molecule has 1 heterocycles. The third-order valence-corrected chi connectivity index (χ3v) is 3.94. The van der Waals surface area contributed by atoms with Gasteiger partial charge in [-0.05, 0) is 55.9 Å². The van der Waals surface area contributed by atoms with Crippen molar-refractivity contribution in [3.63, 3.8) is 0 Å². The molecule has 0 unspecified atom stereocenters. The molecular formula is C15H23N3S. The van der Waals surface area contributed by atoms with Crippen LogP contribution < -0.4 is 5.32 Å². The van der Waals surface area contributed by atoms with E-state index in [0.717, 1.165) is 43.5 Å². The Morgan fingerprint density at radius 3 is 2.21 bits per heavy atom. The van der Waals surface area contributed by atoms with Gasteiger partial charge in [-0.3, -0.25) is 0 Å². The summed E-state index contributed by atoms with van der Waals surface area (Å²) in [6.07, 6.45) is 0. The standard InChI is InChI=1S/C15H23N3S/c1-4-17-5-7-18(8-6-17)15(19)16-14-10-12(2)9-13(3)11-14/h9-11H,4-8H2,1-3H3,(H,16,19). The van der Waals surface area contributed by atoms with Crippen molar-refractivity contribution in [3.8, 4) is 0 Å². The summed E-state index contributed by atoms with van der Waals surface area (Å²) < 4.78 is 0. The minimum Gasteiger partial charge on any atom is -0.346 e. The van der Waals surface area contributed by atoms with Gasteiger partial charge in [0.1, 0.15) is 0 Å². The van der Waals surface area contributed by atoms with E-state index in [2.05, 4.69) is 54.1 Å². The number of benzene rings is 1. The maximum atomic E-state index is 5.51. The lowest BCUT2D eigenvalue weighted by molar-refractivity contribution is 0.191. The molecule has 0 aromatic heterocycles. The van der Waals surface area contributed by atoms with Gasteiger partial charge < -0.3 is 15.1 Å². The molecule has 0 saturated carbocycles. The molecule has 1 saturated heterocycles. The predicted molar refractivity (Wildman–Crippen MR) is 85.8 cm³/mol. The number of nitrogens with one attached hydrogen (secondary N) is 1. The van der Waals surface area contributed by atoms with Gasteiger partial charge in [0.15, 0.2) is 5.11 Å². The summed E-state index contributed by atoms with van der Waals surface area (Å²) in [7, 11) is 0. The average Bonchev–Trinajstić information content (AvgIpc) is 2.37. The average molecular weight is 277 g/mol. The number of rotatable bonds is 2. The van der Waals surface area contributed by atoms with Gasteiger partial charge in [0.2, 0.25) is 0 Å². The van der Waals surface area contributed by atoms with Gasteiger partial charge >= 0.3 is 0 Å². The first-order chi connectivity index (χ1) is 9.08. The van der Waals surface area contributed by atoms with E-state index in [1.807, 2.05) is 0 Å². The zero-order chi connectivity index (χ0) is 13.8. The van der Waals surface area contributed by atoms with Crippen LogP contribution >= 0.6 is 12.2 Å². The fraction of sp³-hybridized carbons (Fsp3) is 0.533. The third-order valence-electron chi connectivity index (χ3n) is 3.58. The lowest BCUT2D eigenvalue weighted by Crippen LogP contribution is -2.49. The first-order valence-corrected chi connectivity index (χ1v) is 7.36. The third kappa shape index (κ3) is 3.91. The lowest BCUT2D eigenvalue weighted by atomic mass is 10.1. The van der Waals surface area contributed by atoms with Gasteiger partial charge in [-0.25, -0.2) is 0 Å². The summed E-state index contributed by atoms with van der Waals surface area (Å²) in [4.78, 5) is 4.72. The summed E-state index contributed by atoms with van der Waals surface area (Å²) in [6, 6.07) is 6.46. The second kappa shape index (κ2) is 6.35. The molecule has 0 aliphatic carbocycles. The van der Waals surface area contributed by atoms with Crippen molar-refractivity contribution >= 4 is 23.0 Å². The van der Waals surface area contributed by atoms with Crippen LogP contribution in [-0.4, -0.2) is 47.6 Å². The Hall–Kier alpha value is -1.13. The summed E-state index contributed by atoms with van der Waals surface area (Å²) in [5.41, 5.74) is 3.63. The summed E-state index contributed by atoms with van der Waals surface area (Å²) in [5.74, 6) is 0. The number of thiocarbonyl (C=S) groups is 1. The molecule has 19 heavy (non-hydrogen) atoms. The SMILES string of the molecule is CCN1CCN(C(=S)Nc2cc(C)cc(C)c2)CC1. The van der Waals surface area contributed by atoms with Crippen molar-refractivity contribution < 1.29 is 0 Å². The molecule has 1 N–H and O–H groups in total. The number of hydrogen-bond acceptors (Lipinski definition) is 2. The van der Waals surface area contributed by atoms with E-state index >= 15 is 0 Å². The van der Waals surface area contributed by atoms with Gasteiger partial charge in [-0.2, -0.15) is 0 Å². The first-order valence-electron chi connectivity index (χ1n) is 6.95. The molecule has 2 rings (SSSR count). The largest absolute Gasteiger partial charge is 0.346 e. The summed E-state index contributed by atoms with van der Waals surface area (Å²) >= 11 is 5.51. The van der Waals surface area contributed by atoms with E-state index in [0.29, 0.717) is 0 Å². The quantitative estimate of drug-likeness (QED) is 0.837. The van der Waals surface area contributed by atoms with Crippen molar-refractivity contribution in [3.05, 3.63) is 29.3 Å². The van der Waals surface area contributed by atoms with Crippen LogP contribution in [0.3, 0.4) is 0 Å². The van der Waals surface area contributed by atoms with Crippen molar-refractivity contribution in [1.82, 2.24) is 9.80 Å². The molecule has 1 aromatic carbocycles. The molecule has 0 spiro atoms. The number of likely N-dealkylation sites (N-methyl/N-ethyl adjacent to an activating group) is 1. The molecular weight excluding hydrogens is 254 g/mol. The molecule has 0 bridgehead atoms. The maximum Gasteiger partial charge on any atom is 0.173 e. The van der Waals surface area contributed by atoms with E-state index in [4.69, 9.17) is 12.2 Å². The van der Waals surface area contributed by atoms with Crippen molar-refractivity contribution in [2.45, 2.75) is 20.8 Å². The van der Waals surface area contributed by atoms with Crippen molar-refractivity contribution in [2.24, 2.45) is 0 Å². The minimum atomic E-state index is 0.848. The maximum absolute atomic E-state index is 5.51. The Kier molecular flexibility index (Phi) is 4.77. The molecule has 0 amide bonds. The topological polar surface area (TPSA) is 18.5 Å². The highest BCUT2D eigenvalue weighted by Gasteiger charge is 2.17. The van der Waals surface area contributed by atoms with E-state index < -0.39 is 0 Å². The molecule has 3 nitrogen and oxygen atoms in total. The molecule has 1 aliphatic rings. The molecule has 0 atom stereocenters. The van der Waals surface area contributed by atoms with Gasteiger partial charge in [-0.15, -0.1) is 0 Å². The lowest BCUT2D eigenvalue weighted by Gasteiger charge is -2.35. The van der Waals surface area contributed by atoms with Crippen LogP contribution in [0.25, 0.3) is 0 Å². The normalized spacial score (nSPS) is 16.5. The van der Waals surface area contributed by atoms with Gasteiger partial charge in [0.25, 0.3) is 0 Å². The van der Waals surface area contributed by atoms with E-state index in [1.165, 1.54) is 11.1 Å². The van der Waals surface area contributed by atoms with Crippen LogP contribution in [0.15, 0.2) is 18.2 Å². The Morgan fingerprint density at radius 2 is 1.68 bits per heavy atom. The fourth-order valence-electron chi connectivity index (χ4n) is 2.52. The van der Waals surface area contributed by atoms with E-state index in [1.54, 1.807) is 0 Å². The van der Waals surface area contributed by atoms with E-state index in [9.17, 15) is 0 Å². The van der Waals surface area contributed by atoms with Crippen LogP contribution in [0.4, 0.5) is 5.69 Å². The van der Waals surface area contributed by atoms with Crippen LogP contribution in [-0.2, 0) is 0 Å². The second-order valence-electron chi connectivity index (χ2n) is 5.23. The van der Waals surface area contributed by atoms with Crippen LogP contribution in [0.5, 0.6) is 0 Å². The van der Waals surface area contributed by atoms with Crippen LogP contribution in [0, 0.1) is 13.8 Å². The number of piperazine rings is 1. The first kappa shape index (κ1) is 14.3. The molecule has 1 aromatic rings. The highest BCUT2D eigenvalue weighted by atomic mass is 32.1. The molecule has 4 heteroatoms. The Bertz CT molecular complexity index is 430. The van der Waals surface area contributed by atoms with E-state index in [-0.39, 0.29) is 0 Å². The van der Waals surface area contributed by atoms with Crippen LogP contribution in [0.2, 0.25) is 0 Å². The molecule has 104 valence electrons. The highest BCUT2D eigenvalue weighted by molar-refractivity contribution is 7.80. The Balaban J connectivity index is 1.94. The number of aryl methyl sites for hydroxylation is 2. The minimum absolute atomic E-state index is 0.848. The molecule has 1 fully saturated rings. The Labute approximate surface area is 121 Å². The highest BCUT2D eigenvalue weighted by Crippen LogP contribution is 2.15. The van der Waals surface area contributed by atoms with Gasteiger partial charge in [-0.1, -0.05) is 13.0 Å². The summed E-state index contributed by atoms with van der Waals surface area (Å²) in [5, 5.41) is 4.21. The zero-order valence-electron chi connectivity index (χ0n) is 12.1. The van der Waals surface area contributed by atoms with Crippen molar-refractivity contribution in [2.75, 3.05) is 38.0 Å². The fourth-order valence-corrected chi connectivity index (χ4v) is 2.82. The molecule has 1 aliphatic heterocycles. The smallest absolute Gasteiger partial charge is 0.173 e. The zero-order valence-corrected chi connectivity index (χ0v) is 12.9. The predicted octanol–water partition coefficient (Wildman–Crippen LogP) is 2.64. The summed E-state index contributed by atoms with van der Waals surface area (Å²) in [6.45, 7) is 11.8. The number of nitrogens with zero attached hydrogens (tertiary/aromatic N) is 2. The number of hydrogen-bond donors (Lipinski definition) is 1. The second-order valence-corrected chi connectivity index (χ2v) is 5.61.